The van der Waals surface area contributed by atoms with Crippen LogP contribution in [-0.4, -0.2) is 11.5 Å². The van der Waals surface area contributed by atoms with E-state index in [1.807, 2.05) is 0 Å². The van der Waals surface area contributed by atoms with Gasteiger partial charge in [0.1, 0.15) is 0 Å². The number of hydrogen-bond donors (Lipinski definition) is 1. The lowest BCUT2D eigenvalue weighted by molar-refractivity contribution is 0.786. The molecule has 1 aromatic heterocycles. The van der Waals surface area contributed by atoms with Gasteiger partial charge in [-0.1, -0.05) is 13.8 Å². The smallest absolute Gasteiger partial charge is 0.182 e. The Morgan fingerprint density at radius 1 is 1.69 bits per heavy atom. The summed E-state index contributed by atoms with van der Waals surface area (Å²) in [5.74, 6) is 1.83. The van der Waals surface area contributed by atoms with Gasteiger partial charge in [0.15, 0.2) is 5.13 Å². The number of nitrogens with zero attached hydrogens (tertiary/aromatic N) is 1. The molecule has 1 fully saturated rings. The van der Waals surface area contributed by atoms with Crippen molar-refractivity contribution in [1.82, 2.24) is 4.98 Å². The minimum absolute atomic E-state index is 0.897. The van der Waals surface area contributed by atoms with E-state index in [-0.39, 0.29) is 0 Å². The summed E-state index contributed by atoms with van der Waals surface area (Å²) >= 11 is 1.72. The van der Waals surface area contributed by atoms with Gasteiger partial charge in [0.25, 0.3) is 0 Å². The van der Waals surface area contributed by atoms with Crippen molar-refractivity contribution in [3.05, 3.63) is 11.1 Å². The van der Waals surface area contributed by atoms with Crippen molar-refractivity contribution in [2.75, 3.05) is 11.9 Å². The average molecular weight is 196 g/mol. The number of thiazole rings is 1. The summed E-state index contributed by atoms with van der Waals surface area (Å²) in [6, 6.07) is 0. The predicted molar refractivity (Wildman–Crippen MR) is 57.3 cm³/mol. The Hall–Kier alpha value is -0.570. The molecular weight excluding hydrogens is 180 g/mol. The van der Waals surface area contributed by atoms with E-state index in [1.165, 1.54) is 12.1 Å². The molecule has 0 aromatic carbocycles. The SMILES string of the molecule is CCc1csc(NCC2CC2C)n1. The van der Waals surface area contributed by atoms with Gasteiger partial charge in [0.05, 0.1) is 5.69 Å². The van der Waals surface area contributed by atoms with Crippen molar-refractivity contribution in [2.24, 2.45) is 11.8 Å². The molecule has 2 unspecified atom stereocenters. The first-order chi connectivity index (χ1) is 6.29. The topological polar surface area (TPSA) is 24.9 Å². The lowest BCUT2D eigenvalue weighted by atomic mass is 10.3. The quantitative estimate of drug-likeness (QED) is 0.801. The van der Waals surface area contributed by atoms with Crippen LogP contribution in [0.25, 0.3) is 0 Å². The highest BCUT2D eigenvalue weighted by atomic mass is 32.1. The molecule has 1 saturated carbocycles. The van der Waals surface area contributed by atoms with Gasteiger partial charge in [-0.25, -0.2) is 4.98 Å². The molecule has 1 N–H and O–H groups in total. The number of rotatable bonds is 4. The molecule has 0 spiro atoms. The molecule has 0 aliphatic heterocycles. The van der Waals surface area contributed by atoms with Gasteiger partial charge in [-0.3, -0.25) is 0 Å². The summed E-state index contributed by atoms with van der Waals surface area (Å²) < 4.78 is 0. The molecular formula is C10H16N2S. The van der Waals surface area contributed by atoms with Crippen LogP contribution in [0.2, 0.25) is 0 Å². The number of nitrogens with one attached hydrogen (secondary N) is 1. The molecule has 1 aliphatic carbocycles. The second-order valence-corrected chi connectivity index (χ2v) is 4.71. The third-order valence-electron chi connectivity index (χ3n) is 2.71. The van der Waals surface area contributed by atoms with Crippen molar-refractivity contribution in [3.8, 4) is 0 Å². The van der Waals surface area contributed by atoms with Crippen molar-refractivity contribution in [2.45, 2.75) is 26.7 Å². The largest absolute Gasteiger partial charge is 0.361 e. The van der Waals surface area contributed by atoms with E-state index in [0.29, 0.717) is 0 Å². The zero-order valence-electron chi connectivity index (χ0n) is 8.21. The van der Waals surface area contributed by atoms with Gasteiger partial charge in [-0.2, -0.15) is 0 Å². The highest BCUT2D eigenvalue weighted by Crippen LogP contribution is 2.37. The number of anilines is 1. The highest BCUT2D eigenvalue weighted by Gasteiger charge is 2.31. The molecule has 0 radical (unpaired) electrons. The Labute approximate surface area is 83.4 Å². The average Bonchev–Trinajstić information content (AvgIpc) is 2.68. The van der Waals surface area contributed by atoms with Crippen LogP contribution >= 0.6 is 11.3 Å². The summed E-state index contributed by atoms with van der Waals surface area (Å²) in [5, 5.41) is 6.63. The Bertz CT molecular complexity index is 282. The van der Waals surface area contributed by atoms with Crippen molar-refractivity contribution < 1.29 is 0 Å². The second kappa shape index (κ2) is 3.66. The minimum Gasteiger partial charge on any atom is -0.361 e. The van der Waals surface area contributed by atoms with Crippen LogP contribution in [0.15, 0.2) is 5.38 Å². The summed E-state index contributed by atoms with van der Waals surface area (Å²) in [5.41, 5.74) is 1.20. The summed E-state index contributed by atoms with van der Waals surface area (Å²) in [6.45, 7) is 5.56. The molecule has 1 aliphatic rings. The standard InChI is InChI=1S/C10H16N2S/c1-3-9-6-13-10(12-9)11-5-8-4-7(8)2/h6-8H,3-5H2,1-2H3,(H,11,12). The van der Waals surface area contributed by atoms with E-state index in [4.69, 9.17) is 0 Å². The van der Waals surface area contributed by atoms with Crippen LogP contribution in [0, 0.1) is 11.8 Å². The van der Waals surface area contributed by atoms with Gasteiger partial charge >= 0.3 is 0 Å². The van der Waals surface area contributed by atoms with E-state index in [9.17, 15) is 0 Å². The first kappa shape index (κ1) is 9.00. The van der Waals surface area contributed by atoms with E-state index in [0.717, 1.165) is 29.9 Å². The lowest BCUT2D eigenvalue weighted by Crippen LogP contribution is -2.03. The highest BCUT2D eigenvalue weighted by molar-refractivity contribution is 7.13. The molecule has 2 nitrogen and oxygen atoms in total. The van der Waals surface area contributed by atoms with Crippen molar-refractivity contribution >= 4 is 16.5 Å². The van der Waals surface area contributed by atoms with Crippen LogP contribution < -0.4 is 5.32 Å². The zero-order chi connectivity index (χ0) is 9.26. The number of aryl methyl sites for hydroxylation is 1. The summed E-state index contributed by atoms with van der Waals surface area (Å²) in [7, 11) is 0. The van der Waals surface area contributed by atoms with Gasteiger partial charge in [-0.05, 0) is 24.7 Å². The predicted octanol–water partition coefficient (Wildman–Crippen LogP) is 2.77. The fraction of sp³-hybridized carbons (Fsp3) is 0.700. The van der Waals surface area contributed by atoms with Crippen molar-refractivity contribution in [3.63, 3.8) is 0 Å². The molecule has 0 saturated heterocycles. The molecule has 1 aromatic rings. The summed E-state index contributed by atoms with van der Waals surface area (Å²) in [6.07, 6.45) is 2.43. The van der Waals surface area contributed by atoms with E-state index in [1.54, 1.807) is 11.3 Å². The monoisotopic (exact) mass is 196 g/mol. The van der Waals surface area contributed by atoms with E-state index in [2.05, 4.69) is 29.5 Å². The fourth-order valence-corrected chi connectivity index (χ4v) is 2.26. The molecule has 0 amide bonds. The Morgan fingerprint density at radius 3 is 3.00 bits per heavy atom. The number of hydrogen-bond acceptors (Lipinski definition) is 3. The summed E-state index contributed by atoms with van der Waals surface area (Å²) in [4.78, 5) is 4.46. The van der Waals surface area contributed by atoms with Crippen LogP contribution in [0.3, 0.4) is 0 Å². The maximum atomic E-state index is 4.46. The van der Waals surface area contributed by atoms with Gasteiger partial charge in [-0.15, -0.1) is 11.3 Å². The maximum Gasteiger partial charge on any atom is 0.182 e. The molecule has 2 atom stereocenters. The minimum atomic E-state index is 0.897. The van der Waals surface area contributed by atoms with Gasteiger partial charge < -0.3 is 5.32 Å². The molecule has 2 rings (SSSR count). The molecule has 72 valence electrons. The first-order valence-electron chi connectivity index (χ1n) is 4.98. The van der Waals surface area contributed by atoms with Crippen LogP contribution in [-0.2, 0) is 6.42 Å². The normalized spacial score (nSPS) is 26.0. The van der Waals surface area contributed by atoms with Gasteiger partial charge in [0, 0.05) is 11.9 Å². The van der Waals surface area contributed by atoms with E-state index >= 15 is 0 Å². The Kier molecular flexibility index (Phi) is 2.54. The third kappa shape index (κ3) is 2.21. The zero-order valence-corrected chi connectivity index (χ0v) is 9.03. The van der Waals surface area contributed by atoms with E-state index < -0.39 is 0 Å². The van der Waals surface area contributed by atoms with Crippen LogP contribution in [0.1, 0.15) is 26.0 Å². The fourth-order valence-electron chi connectivity index (χ4n) is 1.45. The third-order valence-corrected chi connectivity index (χ3v) is 3.55. The Balaban J connectivity index is 1.80. The lowest BCUT2D eigenvalue weighted by Gasteiger charge is -1.99. The van der Waals surface area contributed by atoms with Crippen LogP contribution in [0.5, 0.6) is 0 Å². The van der Waals surface area contributed by atoms with Crippen molar-refractivity contribution in [1.29, 1.82) is 0 Å². The van der Waals surface area contributed by atoms with Crippen LogP contribution in [0.4, 0.5) is 5.13 Å². The first-order valence-corrected chi connectivity index (χ1v) is 5.86. The number of aromatic nitrogens is 1. The van der Waals surface area contributed by atoms with Gasteiger partial charge in [0.2, 0.25) is 0 Å². The second-order valence-electron chi connectivity index (χ2n) is 3.85. The molecule has 13 heavy (non-hydrogen) atoms. The molecule has 0 bridgehead atoms. The molecule has 1 heterocycles. The Morgan fingerprint density at radius 2 is 2.46 bits per heavy atom. The maximum absolute atomic E-state index is 4.46. The molecule has 3 heteroatoms.